The fraction of sp³-hybridized carbons (Fsp3) is 0.154. The van der Waals surface area contributed by atoms with Crippen LogP contribution in [0.25, 0.3) is 11.1 Å². The van der Waals surface area contributed by atoms with Crippen molar-refractivity contribution in [3.8, 4) is 35.8 Å². The molecule has 150 valence electrons. The third-order valence-corrected chi connectivity index (χ3v) is 4.43. The number of carbonyl (C=O) groups excluding carboxylic acids is 2. The minimum absolute atomic E-state index is 0.142. The lowest BCUT2D eigenvalue weighted by atomic mass is 10.0. The molecule has 0 aliphatic heterocycles. The van der Waals surface area contributed by atoms with Crippen LogP contribution in [0.1, 0.15) is 20.7 Å². The predicted molar refractivity (Wildman–Crippen MR) is 122 cm³/mol. The fourth-order valence-corrected chi connectivity index (χ4v) is 2.95. The van der Waals surface area contributed by atoms with Gasteiger partial charge in [-0.25, -0.2) is 0 Å². The summed E-state index contributed by atoms with van der Waals surface area (Å²) < 4.78 is 0. The second-order valence-corrected chi connectivity index (χ2v) is 6.51. The molecule has 0 heterocycles. The molecule has 2 aromatic carbocycles. The number of carbonyl (C=O) groups is 2. The van der Waals surface area contributed by atoms with Crippen molar-refractivity contribution in [3.05, 3.63) is 85.0 Å². The highest BCUT2D eigenvalue weighted by Gasteiger charge is 2.15. The van der Waals surface area contributed by atoms with E-state index in [0.29, 0.717) is 24.2 Å². The normalized spacial score (nSPS) is 9.67. The van der Waals surface area contributed by atoms with E-state index in [9.17, 15) is 9.59 Å². The van der Waals surface area contributed by atoms with E-state index in [0.717, 1.165) is 11.1 Å². The third-order valence-electron chi connectivity index (χ3n) is 4.43. The summed E-state index contributed by atoms with van der Waals surface area (Å²) in [6.07, 6.45) is 14.0. The maximum Gasteiger partial charge on any atom is 0.254 e. The largest absolute Gasteiger partial charge is 0.324 e. The van der Waals surface area contributed by atoms with Crippen LogP contribution in [-0.2, 0) is 0 Å². The molecular weight excluding hydrogens is 372 g/mol. The van der Waals surface area contributed by atoms with Crippen molar-refractivity contribution in [2.45, 2.75) is 0 Å². The van der Waals surface area contributed by atoms with E-state index in [1.807, 2.05) is 24.3 Å². The third kappa shape index (κ3) is 5.50. The van der Waals surface area contributed by atoms with Crippen LogP contribution >= 0.6 is 0 Å². The first-order valence-electron chi connectivity index (χ1n) is 9.43. The highest BCUT2D eigenvalue weighted by Crippen LogP contribution is 2.21. The second-order valence-electron chi connectivity index (χ2n) is 6.51. The van der Waals surface area contributed by atoms with Crippen LogP contribution in [0.5, 0.6) is 0 Å². The van der Waals surface area contributed by atoms with Gasteiger partial charge >= 0.3 is 0 Å². The molecule has 0 N–H and O–H groups in total. The van der Waals surface area contributed by atoms with E-state index in [4.69, 9.17) is 12.8 Å². The molecule has 0 unspecified atom stereocenters. The molecule has 30 heavy (non-hydrogen) atoms. The first-order valence-corrected chi connectivity index (χ1v) is 9.43. The van der Waals surface area contributed by atoms with Crippen LogP contribution in [0.2, 0.25) is 0 Å². The summed E-state index contributed by atoms with van der Waals surface area (Å²) in [6.45, 7) is 8.56. The number of nitrogens with zero attached hydrogens (tertiary/aromatic N) is 2. The molecular formula is C26H24N2O2. The molecule has 0 aliphatic rings. The summed E-state index contributed by atoms with van der Waals surface area (Å²) in [5.74, 6) is 4.69. The van der Waals surface area contributed by atoms with Gasteiger partial charge in [0.15, 0.2) is 0 Å². The van der Waals surface area contributed by atoms with Crippen molar-refractivity contribution in [1.29, 1.82) is 0 Å². The second kappa shape index (κ2) is 11.1. The number of benzene rings is 2. The molecule has 4 heteroatoms. The average Bonchev–Trinajstić information content (AvgIpc) is 2.78. The number of terminal acetylenes is 2. The Kier molecular flexibility index (Phi) is 8.24. The Hall–Kier alpha value is -4.02. The van der Waals surface area contributed by atoms with Gasteiger partial charge in [0.05, 0.1) is 13.1 Å². The zero-order chi connectivity index (χ0) is 21.9. The highest BCUT2D eigenvalue weighted by molar-refractivity contribution is 5.96. The molecule has 2 aromatic rings. The van der Waals surface area contributed by atoms with Crippen molar-refractivity contribution >= 4 is 11.8 Å². The smallest absolute Gasteiger partial charge is 0.254 e. The van der Waals surface area contributed by atoms with Gasteiger partial charge in [-0.15, -0.1) is 26.0 Å². The Morgan fingerprint density at radius 3 is 1.33 bits per heavy atom. The minimum atomic E-state index is -0.142. The molecule has 0 aromatic heterocycles. The number of amides is 2. The van der Waals surface area contributed by atoms with Gasteiger partial charge in [0.25, 0.3) is 11.8 Å². The summed E-state index contributed by atoms with van der Waals surface area (Å²) >= 11 is 0. The highest BCUT2D eigenvalue weighted by atomic mass is 16.2. The molecule has 0 saturated heterocycles. The van der Waals surface area contributed by atoms with Crippen molar-refractivity contribution in [1.82, 2.24) is 9.80 Å². The van der Waals surface area contributed by atoms with E-state index in [1.165, 1.54) is 0 Å². The Morgan fingerprint density at radius 1 is 0.733 bits per heavy atom. The lowest BCUT2D eigenvalue weighted by molar-refractivity contribution is 0.0786. The lowest BCUT2D eigenvalue weighted by Gasteiger charge is -2.19. The topological polar surface area (TPSA) is 40.6 Å². The average molecular weight is 396 g/mol. The first-order chi connectivity index (χ1) is 14.5. The summed E-state index contributed by atoms with van der Waals surface area (Å²) in [5.41, 5.74) is 2.97. The quantitative estimate of drug-likeness (QED) is 0.477. The summed E-state index contributed by atoms with van der Waals surface area (Å²) in [7, 11) is 0. The van der Waals surface area contributed by atoms with E-state index in [1.54, 1.807) is 46.2 Å². The van der Waals surface area contributed by atoms with Gasteiger partial charge < -0.3 is 9.80 Å². The Bertz CT molecular complexity index is 906. The standard InChI is InChI=1S/C26H24N2O2/c1-5-17-27(18-6-2)25(29)23-13-9-21(10-14-23)22-11-15-24(16-12-22)26(30)28(19-7-3)20-8-4/h1,3,6,8-16H,2,4,17-20H2. The summed E-state index contributed by atoms with van der Waals surface area (Å²) in [6, 6.07) is 14.5. The Balaban J connectivity index is 2.17. The van der Waals surface area contributed by atoms with Crippen molar-refractivity contribution in [2.24, 2.45) is 0 Å². The monoisotopic (exact) mass is 396 g/mol. The van der Waals surface area contributed by atoms with Gasteiger partial charge in [-0.3, -0.25) is 9.59 Å². The van der Waals surface area contributed by atoms with Crippen molar-refractivity contribution in [2.75, 3.05) is 26.2 Å². The van der Waals surface area contributed by atoms with Crippen LogP contribution in [0.3, 0.4) is 0 Å². The van der Waals surface area contributed by atoms with Gasteiger partial charge in [0.1, 0.15) is 0 Å². The number of hydrogen-bond donors (Lipinski definition) is 0. The van der Waals surface area contributed by atoms with E-state index >= 15 is 0 Å². The molecule has 0 atom stereocenters. The maximum atomic E-state index is 12.6. The van der Waals surface area contributed by atoms with Crippen LogP contribution in [-0.4, -0.2) is 47.8 Å². The molecule has 0 aliphatic carbocycles. The molecule has 0 bridgehead atoms. The zero-order valence-electron chi connectivity index (χ0n) is 16.9. The first kappa shape index (κ1) is 22.3. The van der Waals surface area contributed by atoms with E-state index < -0.39 is 0 Å². The van der Waals surface area contributed by atoms with Gasteiger partial charge in [0, 0.05) is 24.2 Å². The minimum Gasteiger partial charge on any atom is -0.324 e. The lowest BCUT2D eigenvalue weighted by Crippen LogP contribution is -2.31. The van der Waals surface area contributed by atoms with Gasteiger partial charge in [0.2, 0.25) is 0 Å². The van der Waals surface area contributed by atoms with Crippen LogP contribution in [0.4, 0.5) is 0 Å². The van der Waals surface area contributed by atoms with Gasteiger partial charge in [-0.1, -0.05) is 48.3 Å². The van der Waals surface area contributed by atoms with Crippen molar-refractivity contribution in [3.63, 3.8) is 0 Å². The molecule has 2 rings (SSSR count). The van der Waals surface area contributed by atoms with Gasteiger partial charge in [-0.05, 0) is 35.4 Å². The Morgan fingerprint density at radius 2 is 1.07 bits per heavy atom. The molecule has 0 radical (unpaired) electrons. The van der Waals surface area contributed by atoms with E-state index in [2.05, 4.69) is 25.0 Å². The number of rotatable bonds is 9. The molecule has 0 fully saturated rings. The van der Waals surface area contributed by atoms with E-state index in [-0.39, 0.29) is 24.9 Å². The fourth-order valence-electron chi connectivity index (χ4n) is 2.95. The number of hydrogen-bond acceptors (Lipinski definition) is 2. The molecule has 2 amide bonds. The SMILES string of the molecule is C#CCN(CC=C)C(=O)c1ccc(-c2ccc(C(=O)N(CC#C)CC=C)cc2)cc1. The van der Waals surface area contributed by atoms with Crippen LogP contribution in [0, 0.1) is 24.7 Å². The van der Waals surface area contributed by atoms with Gasteiger partial charge in [-0.2, -0.15) is 0 Å². The molecule has 0 saturated carbocycles. The Labute approximate surface area is 178 Å². The summed E-state index contributed by atoms with van der Waals surface area (Å²) in [5, 5.41) is 0. The predicted octanol–water partition coefficient (Wildman–Crippen LogP) is 3.88. The maximum absolute atomic E-state index is 12.6. The molecule has 4 nitrogen and oxygen atoms in total. The molecule has 0 spiro atoms. The van der Waals surface area contributed by atoms with Crippen LogP contribution < -0.4 is 0 Å². The zero-order valence-corrected chi connectivity index (χ0v) is 16.9. The van der Waals surface area contributed by atoms with Crippen molar-refractivity contribution < 1.29 is 9.59 Å². The summed E-state index contributed by atoms with van der Waals surface area (Å²) in [4.78, 5) is 28.3. The van der Waals surface area contributed by atoms with Crippen LogP contribution in [0.15, 0.2) is 73.8 Å².